The second kappa shape index (κ2) is 6.70. The molecule has 86 valence electrons. The highest BCUT2D eigenvalue weighted by Crippen LogP contribution is 2.32. The van der Waals surface area contributed by atoms with E-state index in [1.165, 1.54) is 11.8 Å². The van der Waals surface area contributed by atoms with Crippen molar-refractivity contribution < 1.29 is 0 Å². The molecule has 0 radical (unpaired) electrons. The molecular weight excluding hydrogens is 371 g/mol. The van der Waals surface area contributed by atoms with Gasteiger partial charge in [-0.1, -0.05) is 23.4 Å². The van der Waals surface area contributed by atoms with Gasteiger partial charge in [0.25, 0.3) is 0 Å². The van der Waals surface area contributed by atoms with Crippen LogP contribution in [0.3, 0.4) is 0 Å². The summed E-state index contributed by atoms with van der Waals surface area (Å²) in [4.78, 5) is 4.24. The van der Waals surface area contributed by atoms with Crippen molar-refractivity contribution in [2.45, 2.75) is 0 Å². The van der Waals surface area contributed by atoms with Gasteiger partial charge in [0.15, 0.2) is 11.4 Å². The molecule has 0 heterocycles. The fraction of sp³-hybridized carbons (Fsp3) is 0.100. The molecule has 0 fully saturated rings. The van der Waals surface area contributed by atoms with Crippen LogP contribution in [0.1, 0.15) is 5.56 Å². The number of hydrogen-bond acceptors (Lipinski definition) is 4. The lowest BCUT2D eigenvalue weighted by Crippen LogP contribution is -2.12. The van der Waals surface area contributed by atoms with Crippen LogP contribution in [0.4, 0.5) is 5.69 Å². The highest BCUT2D eigenvalue weighted by atomic mass is 127. The van der Waals surface area contributed by atoms with E-state index >= 15 is 0 Å². The van der Waals surface area contributed by atoms with Gasteiger partial charge in [0.1, 0.15) is 0 Å². The van der Waals surface area contributed by atoms with Crippen LogP contribution in [-0.2, 0) is 0 Å². The fourth-order valence-corrected chi connectivity index (χ4v) is 2.51. The third-order valence-electron chi connectivity index (χ3n) is 1.72. The highest BCUT2D eigenvalue weighted by Gasteiger charge is 2.08. The maximum Gasteiger partial charge on any atom is 0.183 e. The number of amidine groups is 1. The number of nitrogens with zero attached hydrogens (tertiary/aromatic N) is 3. The van der Waals surface area contributed by atoms with Gasteiger partial charge in [0.05, 0.1) is 22.3 Å². The molecule has 1 aromatic rings. The number of nitrogens with one attached hydrogen (secondary N) is 1. The lowest BCUT2D eigenvalue weighted by atomic mass is 10.2. The zero-order valence-electron chi connectivity index (χ0n) is 8.66. The quantitative estimate of drug-likeness (QED) is 0.268. The van der Waals surface area contributed by atoms with Crippen LogP contribution in [0, 0.1) is 26.4 Å². The molecule has 4 nitrogen and oxygen atoms in total. The Morgan fingerprint density at radius 1 is 1.53 bits per heavy atom. The molecule has 0 bridgehead atoms. The predicted octanol–water partition coefficient (Wildman–Crippen LogP) is 3.24. The highest BCUT2D eigenvalue weighted by molar-refractivity contribution is 14.1. The predicted molar refractivity (Wildman–Crippen MR) is 78.2 cm³/mol. The smallest absolute Gasteiger partial charge is 0.183 e. The molecule has 0 aliphatic heterocycles. The molecule has 1 N–H and O–H groups in total. The van der Waals surface area contributed by atoms with Crippen LogP contribution in [0.15, 0.2) is 17.1 Å². The van der Waals surface area contributed by atoms with Crippen molar-refractivity contribution in [1.29, 1.82) is 10.5 Å². The van der Waals surface area contributed by atoms with Crippen molar-refractivity contribution in [3.05, 3.63) is 26.3 Å². The molecule has 0 atom stereocenters. The average molecular weight is 377 g/mol. The van der Waals surface area contributed by atoms with Gasteiger partial charge in [-0.15, -0.1) is 0 Å². The van der Waals surface area contributed by atoms with Gasteiger partial charge in [-0.25, -0.2) is 4.99 Å². The monoisotopic (exact) mass is 376 g/mol. The molecule has 0 aliphatic rings. The van der Waals surface area contributed by atoms with Gasteiger partial charge >= 0.3 is 0 Å². The van der Waals surface area contributed by atoms with Crippen molar-refractivity contribution in [1.82, 2.24) is 5.32 Å². The lowest BCUT2D eigenvalue weighted by Gasteiger charge is -2.05. The first kappa shape index (κ1) is 14.1. The summed E-state index contributed by atoms with van der Waals surface area (Å²) in [6.07, 6.45) is 3.60. The van der Waals surface area contributed by atoms with Gasteiger partial charge in [-0.05, 0) is 41.0 Å². The third-order valence-corrected chi connectivity index (χ3v) is 3.41. The van der Waals surface area contributed by atoms with Crippen LogP contribution in [-0.4, -0.2) is 11.4 Å². The first-order valence-electron chi connectivity index (χ1n) is 4.29. The number of benzene rings is 1. The molecule has 0 aromatic heterocycles. The molecule has 1 aromatic carbocycles. The maximum absolute atomic E-state index is 8.78. The Balaban J connectivity index is 3.25. The van der Waals surface area contributed by atoms with Crippen molar-refractivity contribution in [2.24, 2.45) is 4.99 Å². The van der Waals surface area contributed by atoms with Gasteiger partial charge in [-0.3, -0.25) is 5.32 Å². The summed E-state index contributed by atoms with van der Waals surface area (Å²) in [5.74, 6) is 0. The minimum Gasteiger partial charge on any atom is -0.271 e. The van der Waals surface area contributed by atoms with E-state index in [0.29, 0.717) is 21.4 Å². The summed E-state index contributed by atoms with van der Waals surface area (Å²) in [5.41, 5.74) is 1.04. The van der Waals surface area contributed by atoms with Crippen molar-refractivity contribution in [3.8, 4) is 12.3 Å². The van der Waals surface area contributed by atoms with E-state index in [2.05, 4.69) is 32.9 Å². The molecule has 0 spiro atoms. The first-order chi connectivity index (χ1) is 8.12. The molecule has 17 heavy (non-hydrogen) atoms. The number of nitriles is 2. The number of halogens is 2. The number of hydrogen-bond donors (Lipinski definition) is 1. The molecular formula is C10H6ClIN4S. The van der Waals surface area contributed by atoms with Crippen LogP contribution >= 0.6 is 46.0 Å². The van der Waals surface area contributed by atoms with Gasteiger partial charge in [0, 0.05) is 3.57 Å². The first-order valence-corrected chi connectivity index (χ1v) is 6.97. The molecule has 0 amide bonds. The van der Waals surface area contributed by atoms with E-state index < -0.39 is 0 Å². The van der Waals surface area contributed by atoms with E-state index in [4.69, 9.17) is 22.1 Å². The summed E-state index contributed by atoms with van der Waals surface area (Å²) in [5, 5.41) is 20.6. The van der Waals surface area contributed by atoms with E-state index in [9.17, 15) is 0 Å². The lowest BCUT2D eigenvalue weighted by molar-refractivity contribution is 1.27. The van der Waals surface area contributed by atoms with E-state index in [0.717, 1.165) is 3.57 Å². The summed E-state index contributed by atoms with van der Waals surface area (Å²) >= 11 is 9.39. The van der Waals surface area contributed by atoms with Crippen LogP contribution < -0.4 is 5.32 Å². The Morgan fingerprint density at radius 3 is 2.71 bits per heavy atom. The van der Waals surface area contributed by atoms with E-state index in [-0.39, 0.29) is 0 Å². The Bertz CT molecular complexity index is 521. The standard InChI is InChI=1S/C10H6ClIN4S/c1-17-10(15-5-14)16-9-7(11)2-6(4-13)3-8(9)12/h2-3H,1H3,(H,15,16). The Hall–Kier alpha value is -0.960. The summed E-state index contributed by atoms with van der Waals surface area (Å²) < 4.78 is 0.762. The number of thioether (sulfide) groups is 1. The molecule has 0 saturated heterocycles. The zero-order chi connectivity index (χ0) is 12.8. The fourth-order valence-electron chi connectivity index (χ4n) is 1.01. The van der Waals surface area contributed by atoms with E-state index in [1.807, 2.05) is 6.07 Å². The Labute approximate surface area is 122 Å². The van der Waals surface area contributed by atoms with Gasteiger partial charge < -0.3 is 0 Å². The van der Waals surface area contributed by atoms with Crippen LogP contribution in [0.5, 0.6) is 0 Å². The zero-order valence-corrected chi connectivity index (χ0v) is 12.4. The molecule has 7 heteroatoms. The normalized spacial score (nSPS) is 10.5. The Kier molecular flexibility index (Phi) is 5.56. The molecule has 0 saturated carbocycles. The van der Waals surface area contributed by atoms with Crippen molar-refractivity contribution in [3.63, 3.8) is 0 Å². The minimum atomic E-state index is 0.389. The molecule has 0 unspecified atom stereocenters. The summed E-state index contributed by atoms with van der Waals surface area (Å²) in [7, 11) is 0. The largest absolute Gasteiger partial charge is 0.271 e. The van der Waals surface area contributed by atoms with Crippen LogP contribution in [0.2, 0.25) is 5.02 Å². The topological polar surface area (TPSA) is 72.0 Å². The van der Waals surface area contributed by atoms with Crippen LogP contribution in [0.25, 0.3) is 0 Å². The van der Waals surface area contributed by atoms with E-state index in [1.54, 1.807) is 24.6 Å². The summed E-state index contributed by atoms with van der Waals surface area (Å²) in [6, 6.07) is 5.26. The second-order valence-corrected chi connectivity index (χ2v) is 5.12. The van der Waals surface area contributed by atoms with Gasteiger partial charge in [0.2, 0.25) is 0 Å². The average Bonchev–Trinajstić information content (AvgIpc) is 2.31. The number of rotatable bonds is 1. The molecule has 1 rings (SSSR count). The Morgan fingerprint density at radius 2 is 2.24 bits per heavy atom. The summed E-state index contributed by atoms with van der Waals surface area (Å²) in [6.45, 7) is 0. The minimum absolute atomic E-state index is 0.389. The second-order valence-electron chi connectivity index (χ2n) is 2.76. The maximum atomic E-state index is 8.78. The SMILES string of the molecule is CSC(=Nc1c(Cl)cc(C#N)cc1I)NC#N. The third kappa shape index (κ3) is 3.77. The van der Waals surface area contributed by atoms with Gasteiger partial charge in [-0.2, -0.15) is 10.5 Å². The van der Waals surface area contributed by atoms with Crippen molar-refractivity contribution in [2.75, 3.05) is 6.26 Å². The number of aliphatic imine (C=N–C) groups is 1. The van der Waals surface area contributed by atoms with Crippen molar-refractivity contribution >= 4 is 56.8 Å². The molecule has 0 aliphatic carbocycles.